The molecular formula is C26H23N9. The van der Waals surface area contributed by atoms with Crippen LogP contribution >= 0.6 is 0 Å². The van der Waals surface area contributed by atoms with E-state index < -0.39 is 0 Å². The third-order valence-corrected chi connectivity index (χ3v) is 6.39. The Morgan fingerprint density at radius 1 is 0.886 bits per heavy atom. The van der Waals surface area contributed by atoms with E-state index in [1.165, 1.54) is 0 Å². The first kappa shape index (κ1) is 21.0. The van der Waals surface area contributed by atoms with Gasteiger partial charge in [0.15, 0.2) is 17.3 Å². The summed E-state index contributed by atoms with van der Waals surface area (Å²) in [5, 5.41) is 4.61. The van der Waals surface area contributed by atoms with E-state index in [9.17, 15) is 0 Å². The van der Waals surface area contributed by atoms with E-state index in [2.05, 4.69) is 48.6 Å². The molecule has 1 saturated heterocycles. The van der Waals surface area contributed by atoms with Gasteiger partial charge in [0.05, 0.1) is 23.5 Å². The monoisotopic (exact) mass is 461 g/mol. The third-order valence-electron chi connectivity index (χ3n) is 6.39. The molecule has 0 amide bonds. The summed E-state index contributed by atoms with van der Waals surface area (Å²) in [6.07, 6.45) is 0. The molecule has 1 fully saturated rings. The van der Waals surface area contributed by atoms with Gasteiger partial charge in [0, 0.05) is 31.8 Å². The van der Waals surface area contributed by atoms with Crippen molar-refractivity contribution in [3.63, 3.8) is 0 Å². The highest BCUT2D eigenvalue weighted by molar-refractivity contribution is 5.76. The fraction of sp³-hybridized carbons (Fsp3) is 0.231. The van der Waals surface area contributed by atoms with Crippen molar-refractivity contribution in [3.05, 3.63) is 83.5 Å². The summed E-state index contributed by atoms with van der Waals surface area (Å²) < 4.78 is 3.95. The van der Waals surface area contributed by atoms with Crippen LogP contribution in [0.4, 0.5) is 11.5 Å². The van der Waals surface area contributed by atoms with Crippen LogP contribution in [-0.4, -0.2) is 47.4 Å². The van der Waals surface area contributed by atoms with Crippen molar-refractivity contribution in [1.29, 1.82) is 0 Å². The van der Waals surface area contributed by atoms with Crippen molar-refractivity contribution < 1.29 is 0 Å². The van der Waals surface area contributed by atoms with Gasteiger partial charge in [-0.1, -0.05) is 36.4 Å². The van der Waals surface area contributed by atoms with Gasteiger partial charge in [0.2, 0.25) is 0 Å². The zero-order valence-electron chi connectivity index (χ0n) is 19.7. The van der Waals surface area contributed by atoms with Crippen molar-refractivity contribution >= 4 is 22.5 Å². The molecule has 9 heteroatoms. The van der Waals surface area contributed by atoms with E-state index in [0.29, 0.717) is 34.9 Å². The molecule has 2 aromatic carbocycles. The van der Waals surface area contributed by atoms with Crippen LogP contribution < -0.4 is 4.90 Å². The molecule has 3 aromatic heterocycles. The molecule has 1 aliphatic heterocycles. The van der Waals surface area contributed by atoms with Crippen LogP contribution in [0.2, 0.25) is 0 Å². The summed E-state index contributed by atoms with van der Waals surface area (Å²) in [5.74, 6) is 4.99. The molecule has 0 spiro atoms. The highest BCUT2D eigenvalue weighted by atomic mass is 15.4. The maximum absolute atomic E-state index is 7.18. The Morgan fingerprint density at radius 3 is 2.37 bits per heavy atom. The number of para-hydroxylation sites is 2. The van der Waals surface area contributed by atoms with Crippen molar-refractivity contribution in [1.82, 2.24) is 34.3 Å². The quantitative estimate of drug-likeness (QED) is 0.370. The largest absolute Gasteiger partial charge is 0.355 e. The van der Waals surface area contributed by atoms with E-state index in [1.807, 2.05) is 44.2 Å². The van der Waals surface area contributed by atoms with Crippen molar-refractivity contribution in [2.45, 2.75) is 19.8 Å². The maximum atomic E-state index is 7.18. The molecule has 5 aromatic rings. The smallest absolute Gasteiger partial charge is 0.187 e. The van der Waals surface area contributed by atoms with E-state index in [0.717, 1.165) is 41.3 Å². The average Bonchev–Trinajstić information content (AvgIpc) is 3.38. The molecule has 0 aliphatic carbocycles. The maximum Gasteiger partial charge on any atom is 0.187 e. The summed E-state index contributed by atoms with van der Waals surface area (Å²) in [6.45, 7) is 12.6. The number of aryl methyl sites for hydroxylation is 3. The average molecular weight is 462 g/mol. The molecular weight excluding hydrogens is 438 g/mol. The topological polar surface area (TPSA) is 81.9 Å². The summed E-state index contributed by atoms with van der Waals surface area (Å²) in [5.41, 5.74) is 3.65. The van der Waals surface area contributed by atoms with Crippen molar-refractivity contribution in [2.75, 3.05) is 18.0 Å². The van der Waals surface area contributed by atoms with Crippen LogP contribution in [0.1, 0.15) is 23.4 Å². The number of hydrogen-bond donors (Lipinski definition) is 0. The molecule has 0 atom stereocenters. The van der Waals surface area contributed by atoms with E-state index in [1.54, 1.807) is 16.8 Å². The number of anilines is 1. The Balaban J connectivity index is 1.30. The van der Waals surface area contributed by atoms with Crippen molar-refractivity contribution in [3.8, 4) is 17.2 Å². The molecule has 172 valence electrons. The zero-order valence-corrected chi connectivity index (χ0v) is 19.7. The number of nitrogens with zero attached hydrogens (tertiary/aromatic N) is 9. The van der Waals surface area contributed by atoms with Gasteiger partial charge in [-0.15, -0.1) is 5.10 Å². The molecule has 1 aliphatic rings. The first-order valence-electron chi connectivity index (χ1n) is 11.4. The molecule has 0 N–H and O–H groups in total. The minimum Gasteiger partial charge on any atom is -0.355 e. The zero-order chi connectivity index (χ0) is 24.1. The first-order chi connectivity index (χ1) is 17.0. The first-order valence-corrected chi connectivity index (χ1v) is 11.4. The minimum atomic E-state index is 0.344. The lowest BCUT2D eigenvalue weighted by atomic mass is 9.99. The summed E-state index contributed by atoms with van der Waals surface area (Å²) in [6, 6.07) is 17.5. The second kappa shape index (κ2) is 8.02. The lowest BCUT2D eigenvalue weighted by Crippen LogP contribution is -2.46. The van der Waals surface area contributed by atoms with E-state index >= 15 is 0 Å². The van der Waals surface area contributed by atoms with Gasteiger partial charge in [-0.25, -0.2) is 24.8 Å². The van der Waals surface area contributed by atoms with Gasteiger partial charge in [-0.2, -0.15) is 4.68 Å². The normalized spacial score (nSPS) is 13.7. The second-order valence-corrected chi connectivity index (χ2v) is 8.80. The molecule has 0 unspecified atom stereocenters. The fourth-order valence-corrected chi connectivity index (χ4v) is 4.61. The molecule has 4 heterocycles. The van der Waals surface area contributed by atoms with Crippen LogP contribution in [0, 0.1) is 20.4 Å². The van der Waals surface area contributed by atoms with E-state index in [-0.39, 0.29) is 0 Å². The third kappa shape index (κ3) is 3.60. The standard InChI is InChI=1S/C26H23N9/c1-16-28-23(34-14-19(15-34)25-31-21-7-5-6-8-22(21)33(25)4)13-24(29-16)35-26(30-17(2)32-35)18-9-11-20(27-3)12-10-18/h5-13,19H,14-15H2,1-2,4H3. The van der Waals surface area contributed by atoms with Gasteiger partial charge < -0.3 is 9.47 Å². The summed E-state index contributed by atoms with van der Waals surface area (Å²) in [4.78, 5) is 24.6. The Kier molecular flexibility index (Phi) is 4.81. The van der Waals surface area contributed by atoms with Crippen LogP contribution in [0.3, 0.4) is 0 Å². The second-order valence-electron chi connectivity index (χ2n) is 8.80. The van der Waals surface area contributed by atoms with Crippen LogP contribution in [0.15, 0.2) is 54.6 Å². The van der Waals surface area contributed by atoms with Crippen LogP contribution in [-0.2, 0) is 7.05 Å². The fourth-order valence-electron chi connectivity index (χ4n) is 4.61. The number of hydrogen-bond acceptors (Lipinski definition) is 6. The number of benzene rings is 2. The molecule has 9 nitrogen and oxygen atoms in total. The minimum absolute atomic E-state index is 0.344. The summed E-state index contributed by atoms with van der Waals surface area (Å²) in [7, 11) is 2.08. The molecule has 0 radical (unpaired) electrons. The SMILES string of the molecule is [C-]#[N+]c1ccc(-c2nc(C)nn2-c2cc(N3CC(c4nc5ccccc5n4C)C3)nc(C)n2)cc1. The number of rotatable bonds is 4. The molecule has 0 bridgehead atoms. The molecule has 6 rings (SSSR count). The molecule has 35 heavy (non-hydrogen) atoms. The van der Waals surface area contributed by atoms with Crippen LogP contribution in [0.25, 0.3) is 33.1 Å². The lowest BCUT2D eigenvalue weighted by molar-refractivity contribution is 0.485. The van der Waals surface area contributed by atoms with Crippen LogP contribution in [0.5, 0.6) is 0 Å². The highest BCUT2D eigenvalue weighted by Gasteiger charge is 2.33. The summed E-state index contributed by atoms with van der Waals surface area (Å²) >= 11 is 0. The Labute approximate surface area is 202 Å². The van der Waals surface area contributed by atoms with E-state index in [4.69, 9.17) is 16.5 Å². The van der Waals surface area contributed by atoms with Gasteiger partial charge in [0.25, 0.3) is 0 Å². The molecule has 0 saturated carbocycles. The number of imidazole rings is 1. The number of fused-ring (bicyclic) bond motifs is 1. The van der Waals surface area contributed by atoms with Crippen molar-refractivity contribution in [2.24, 2.45) is 7.05 Å². The number of aromatic nitrogens is 7. The Bertz CT molecular complexity index is 1600. The van der Waals surface area contributed by atoms with Gasteiger partial charge in [0.1, 0.15) is 23.3 Å². The Morgan fingerprint density at radius 2 is 1.63 bits per heavy atom. The lowest BCUT2D eigenvalue weighted by Gasteiger charge is -2.39. The Hall–Kier alpha value is -4.58. The van der Waals surface area contributed by atoms with Gasteiger partial charge in [-0.05, 0) is 26.0 Å². The van der Waals surface area contributed by atoms with Gasteiger partial charge >= 0.3 is 0 Å². The predicted octanol–water partition coefficient (Wildman–Crippen LogP) is 4.38. The van der Waals surface area contributed by atoms with Gasteiger partial charge in [-0.3, -0.25) is 0 Å². The predicted molar refractivity (Wildman–Crippen MR) is 134 cm³/mol. The highest BCUT2D eigenvalue weighted by Crippen LogP contribution is 2.33.